The molecule has 5 rings (SSSR count). The predicted molar refractivity (Wildman–Crippen MR) is 122 cm³/mol. The van der Waals surface area contributed by atoms with Crippen LogP contribution in [0.25, 0.3) is 33.2 Å². The Labute approximate surface area is 188 Å². The highest BCUT2D eigenvalue weighted by molar-refractivity contribution is 5.95. The molecular weight excluding hydrogens is 428 g/mol. The van der Waals surface area contributed by atoms with E-state index in [1.807, 2.05) is 31.3 Å². The fourth-order valence-electron chi connectivity index (χ4n) is 4.83. The Morgan fingerprint density at radius 3 is 2.85 bits per heavy atom. The second-order valence-electron chi connectivity index (χ2n) is 9.01. The lowest BCUT2D eigenvalue weighted by Gasteiger charge is -2.45. The molecule has 4 aromatic rings. The number of anilines is 1. The maximum atomic E-state index is 13.0. The molecule has 0 bridgehead atoms. The normalized spacial score (nSPS) is 20.4. The van der Waals surface area contributed by atoms with Crippen LogP contribution in [-0.2, 0) is 11.3 Å². The van der Waals surface area contributed by atoms with E-state index in [4.69, 9.17) is 0 Å². The van der Waals surface area contributed by atoms with Crippen molar-refractivity contribution in [3.05, 3.63) is 36.4 Å². The molecule has 1 saturated carbocycles. The molecule has 0 atom stereocenters. The Morgan fingerprint density at radius 2 is 2.12 bits per heavy atom. The van der Waals surface area contributed by atoms with Crippen molar-refractivity contribution in [2.45, 2.75) is 58.2 Å². The van der Waals surface area contributed by atoms with Gasteiger partial charge in [0.05, 0.1) is 17.6 Å². The summed E-state index contributed by atoms with van der Waals surface area (Å²) in [5.74, 6) is 1.05. The number of hydrogen-bond acceptors (Lipinski definition) is 5. The first kappa shape index (κ1) is 21.3. The molecule has 0 spiro atoms. The standard InChI is InChI=1S/C23H25F2N7O/c1-12-28-18-5-4-14(6-19(18)32(12)11-20(24)25)16-9-26-21-17(16)10-27-22(30-21)29-15-7-23(3,8-15)31-13(2)33/h4-6,9-10,15,20H,7-8,11H2,1-3H3,(H,31,33)(H2,26,27,29,30). The number of amides is 1. The van der Waals surface area contributed by atoms with Crippen LogP contribution in [0.15, 0.2) is 30.6 Å². The van der Waals surface area contributed by atoms with Gasteiger partial charge in [-0.25, -0.2) is 18.7 Å². The first-order valence-corrected chi connectivity index (χ1v) is 10.9. The number of benzene rings is 1. The molecule has 0 radical (unpaired) electrons. The molecule has 3 heterocycles. The highest BCUT2D eigenvalue weighted by atomic mass is 19.3. The molecule has 1 aliphatic carbocycles. The Balaban J connectivity index is 1.39. The highest BCUT2D eigenvalue weighted by Crippen LogP contribution is 2.34. The molecule has 0 saturated heterocycles. The van der Waals surface area contributed by atoms with E-state index in [0.717, 1.165) is 29.4 Å². The number of fused-ring (bicyclic) bond motifs is 2. The smallest absolute Gasteiger partial charge is 0.256 e. The molecule has 0 unspecified atom stereocenters. The average Bonchev–Trinajstić information content (AvgIpc) is 3.26. The van der Waals surface area contributed by atoms with Crippen LogP contribution in [0.4, 0.5) is 14.7 Å². The Bertz CT molecular complexity index is 1350. The minimum Gasteiger partial charge on any atom is -0.351 e. The lowest BCUT2D eigenvalue weighted by atomic mass is 9.74. The predicted octanol–water partition coefficient (Wildman–Crippen LogP) is 4.02. The van der Waals surface area contributed by atoms with Crippen molar-refractivity contribution < 1.29 is 13.6 Å². The number of carbonyl (C=O) groups is 1. The van der Waals surface area contributed by atoms with Gasteiger partial charge in [-0.05, 0) is 44.4 Å². The number of halogens is 2. The molecule has 172 valence electrons. The number of nitrogens with one attached hydrogen (secondary N) is 3. The number of nitrogens with zero attached hydrogens (tertiary/aromatic N) is 4. The molecule has 1 aliphatic rings. The van der Waals surface area contributed by atoms with Crippen molar-refractivity contribution >= 4 is 33.9 Å². The van der Waals surface area contributed by atoms with Gasteiger partial charge in [0.2, 0.25) is 11.9 Å². The molecule has 3 aromatic heterocycles. The third kappa shape index (κ3) is 4.01. The summed E-state index contributed by atoms with van der Waals surface area (Å²) >= 11 is 0. The maximum Gasteiger partial charge on any atom is 0.256 e. The lowest BCUT2D eigenvalue weighted by Crippen LogP contribution is -2.59. The van der Waals surface area contributed by atoms with Crippen molar-refractivity contribution in [2.24, 2.45) is 0 Å². The molecule has 8 nitrogen and oxygen atoms in total. The Morgan fingerprint density at radius 1 is 1.33 bits per heavy atom. The largest absolute Gasteiger partial charge is 0.351 e. The number of imidazole rings is 1. The SMILES string of the molecule is CC(=O)NC1(C)CC(Nc2ncc3c(-c4ccc5nc(C)n(CC(F)F)c5c4)c[nH]c3n2)C1. The zero-order valence-electron chi connectivity index (χ0n) is 18.6. The molecular formula is C23H25F2N7O. The van der Waals surface area contributed by atoms with Gasteiger partial charge in [-0.2, -0.15) is 4.98 Å². The number of aryl methyl sites for hydroxylation is 1. The summed E-state index contributed by atoms with van der Waals surface area (Å²) in [5.41, 5.74) is 3.61. The average molecular weight is 453 g/mol. The van der Waals surface area contributed by atoms with Gasteiger partial charge in [-0.3, -0.25) is 4.79 Å². The number of H-pyrrole nitrogens is 1. The maximum absolute atomic E-state index is 13.0. The van der Waals surface area contributed by atoms with E-state index in [9.17, 15) is 13.6 Å². The van der Waals surface area contributed by atoms with E-state index in [1.165, 1.54) is 6.92 Å². The lowest BCUT2D eigenvalue weighted by molar-refractivity contribution is -0.121. The minimum atomic E-state index is -2.45. The zero-order chi connectivity index (χ0) is 23.3. The van der Waals surface area contributed by atoms with Crippen LogP contribution < -0.4 is 10.6 Å². The fourth-order valence-corrected chi connectivity index (χ4v) is 4.83. The van der Waals surface area contributed by atoms with Crippen LogP contribution in [0.3, 0.4) is 0 Å². The van der Waals surface area contributed by atoms with Crippen molar-refractivity contribution in [3.63, 3.8) is 0 Å². The van der Waals surface area contributed by atoms with Crippen LogP contribution in [0, 0.1) is 6.92 Å². The van der Waals surface area contributed by atoms with Gasteiger partial charge >= 0.3 is 0 Å². The molecule has 1 aromatic carbocycles. The molecule has 10 heteroatoms. The summed E-state index contributed by atoms with van der Waals surface area (Å²) in [6, 6.07) is 5.84. The van der Waals surface area contributed by atoms with E-state index < -0.39 is 6.43 Å². The van der Waals surface area contributed by atoms with Crippen LogP contribution >= 0.6 is 0 Å². The Kier molecular flexibility index (Phi) is 5.02. The van der Waals surface area contributed by atoms with Gasteiger partial charge in [-0.15, -0.1) is 0 Å². The van der Waals surface area contributed by atoms with Gasteiger partial charge in [0.1, 0.15) is 11.5 Å². The molecule has 3 N–H and O–H groups in total. The van der Waals surface area contributed by atoms with Crippen molar-refractivity contribution in [1.82, 2.24) is 29.8 Å². The van der Waals surface area contributed by atoms with Gasteiger partial charge in [-0.1, -0.05) is 6.07 Å². The summed E-state index contributed by atoms with van der Waals surface area (Å²) in [4.78, 5) is 28.0. The van der Waals surface area contributed by atoms with Gasteiger partial charge in [0.15, 0.2) is 0 Å². The van der Waals surface area contributed by atoms with Crippen LogP contribution in [0.2, 0.25) is 0 Å². The number of rotatable bonds is 6. The summed E-state index contributed by atoms with van der Waals surface area (Å²) in [5, 5.41) is 7.14. The molecule has 0 aliphatic heterocycles. The Hall–Kier alpha value is -3.56. The van der Waals surface area contributed by atoms with Crippen LogP contribution in [0.1, 0.15) is 32.5 Å². The van der Waals surface area contributed by atoms with E-state index in [0.29, 0.717) is 28.5 Å². The quantitative estimate of drug-likeness (QED) is 0.410. The number of carbonyl (C=O) groups excluding carboxylic acids is 1. The molecule has 1 fully saturated rings. The van der Waals surface area contributed by atoms with Crippen molar-refractivity contribution in [2.75, 3.05) is 5.32 Å². The van der Waals surface area contributed by atoms with E-state index in [2.05, 4.69) is 30.6 Å². The van der Waals surface area contributed by atoms with Crippen molar-refractivity contribution in [1.29, 1.82) is 0 Å². The fraction of sp³-hybridized carbons (Fsp3) is 0.391. The second-order valence-corrected chi connectivity index (χ2v) is 9.01. The van der Waals surface area contributed by atoms with E-state index in [-0.39, 0.29) is 24.0 Å². The summed E-state index contributed by atoms with van der Waals surface area (Å²) in [7, 11) is 0. The summed E-state index contributed by atoms with van der Waals surface area (Å²) in [6.45, 7) is 4.90. The van der Waals surface area contributed by atoms with Crippen LogP contribution in [-0.4, -0.2) is 48.4 Å². The van der Waals surface area contributed by atoms with Crippen LogP contribution in [0.5, 0.6) is 0 Å². The second kappa shape index (κ2) is 7.79. The number of hydrogen-bond donors (Lipinski definition) is 3. The third-order valence-electron chi connectivity index (χ3n) is 6.21. The summed E-state index contributed by atoms with van der Waals surface area (Å²) < 4.78 is 27.6. The highest BCUT2D eigenvalue weighted by Gasteiger charge is 2.41. The number of alkyl halides is 2. The van der Waals surface area contributed by atoms with Gasteiger partial charge in [0.25, 0.3) is 6.43 Å². The third-order valence-corrected chi connectivity index (χ3v) is 6.21. The van der Waals surface area contributed by atoms with Gasteiger partial charge in [0, 0.05) is 41.8 Å². The number of aromatic amines is 1. The van der Waals surface area contributed by atoms with Gasteiger partial charge < -0.3 is 20.2 Å². The molecule has 33 heavy (non-hydrogen) atoms. The first-order chi connectivity index (χ1) is 15.7. The van der Waals surface area contributed by atoms with E-state index >= 15 is 0 Å². The topological polar surface area (TPSA) is 101 Å². The van der Waals surface area contributed by atoms with Crippen molar-refractivity contribution in [3.8, 4) is 11.1 Å². The molecule has 1 amide bonds. The van der Waals surface area contributed by atoms with E-state index in [1.54, 1.807) is 17.7 Å². The number of aromatic nitrogens is 5. The summed E-state index contributed by atoms with van der Waals surface area (Å²) in [6.07, 6.45) is 2.76. The monoisotopic (exact) mass is 453 g/mol. The minimum absolute atomic E-state index is 0.0295. The zero-order valence-corrected chi connectivity index (χ0v) is 18.6. The first-order valence-electron chi connectivity index (χ1n) is 10.9.